The summed E-state index contributed by atoms with van der Waals surface area (Å²) in [5.41, 5.74) is 2.82. The van der Waals surface area contributed by atoms with E-state index in [2.05, 4.69) is 39.4 Å². The molecule has 220 valence electrons. The lowest BCUT2D eigenvalue weighted by molar-refractivity contribution is 0.122. The zero-order valence-corrected chi connectivity index (χ0v) is 25.1. The van der Waals surface area contributed by atoms with E-state index in [1.54, 1.807) is 31.4 Å². The van der Waals surface area contributed by atoms with Crippen molar-refractivity contribution >= 4 is 44.7 Å². The fourth-order valence-corrected chi connectivity index (χ4v) is 6.35. The number of nitrogens with one attached hydrogen (secondary N) is 4. The highest BCUT2D eigenvalue weighted by Crippen LogP contribution is 2.42. The van der Waals surface area contributed by atoms with E-state index in [1.165, 1.54) is 0 Å². The standard InChI is InChI=1S/C29H39N7O4S/c1-19(2)17-31-41(37,38)24-9-7-6-8-22(24)32-27-25-26(30-18-29(25,3)4)34-28(35-27)33-21-11-10-20(16-23(21)39-5)36-12-14-40-15-13-36/h6-11,16,19,31H,12-15,17-18H2,1-5H3,(H3,30,32,33,34,35). The molecule has 2 aromatic carbocycles. The number of anilines is 6. The summed E-state index contributed by atoms with van der Waals surface area (Å²) in [7, 11) is -2.11. The van der Waals surface area contributed by atoms with Gasteiger partial charge in [0.05, 0.1) is 31.7 Å². The monoisotopic (exact) mass is 581 g/mol. The highest BCUT2D eigenvalue weighted by molar-refractivity contribution is 7.89. The summed E-state index contributed by atoms with van der Waals surface area (Å²) in [4.78, 5) is 12.0. The Morgan fingerprint density at radius 2 is 1.83 bits per heavy atom. The lowest BCUT2D eigenvalue weighted by atomic mass is 9.88. The van der Waals surface area contributed by atoms with E-state index in [9.17, 15) is 8.42 Å². The van der Waals surface area contributed by atoms with Gasteiger partial charge in [-0.1, -0.05) is 39.8 Å². The highest BCUT2D eigenvalue weighted by atomic mass is 32.2. The fourth-order valence-electron chi connectivity index (χ4n) is 4.98. The summed E-state index contributed by atoms with van der Waals surface area (Å²) in [5, 5.41) is 10.0. The lowest BCUT2D eigenvalue weighted by Crippen LogP contribution is -2.36. The first-order valence-electron chi connectivity index (χ1n) is 13.9. The Kier molecular flexibility index (Phi) is 8.25. The summed E-state index contributed by atoms with van der Waals surface area (Å²) in [6.45, 7) is 12.2. The Balaban J connectivity index is 1.49. The molecule has 0 bridgehead atoms. The number of morpholine rings is 1. The molecule has 0 spiro atoms. The van der Waals surface area contributed by atoms with Gasteiger partial charge < -0.3 is 30.3 Å². The summed E-state index contributed by atoms with van der Waals surface area (Å²) in [5.74, 6) is 2.41. The van der Waals surface area contributed by atoms with E-state index < -0.39 is 10.0 Å². The minimum Gasteiger partial charge on any atom is -0.494 e. The van der Waals surface area contributed by atoms with Gasteiger partial charge in [-0.15, -0.1) is 0 Å². The molecule has 0 aliphatic carbocycles. The van der Waals surface area contributed by atoms with Crippen LogP contribution in [-0.2, 0) is 20.2 Å². The Morgan fingerprint density at radius 1 is 1.07 bits per heavy atom. The van der Waals surface area contributed by atoms with Crippen LogP contribution in [0.4, 0.5) is 34.6 Å². The maximum absolute atomic E-state index is 13.2. The van der Waals surface area contributed by atoms with Crippen LogP contribution in [0, 0.1) is 5.92 Å². The van der Waals surface area contributed by atoms with Crippen LogP contribution in [0.15, 0.2) is 47.4 Å². The minimum atomic E-state index is -3.75. The number of hydrogen-bond acceptors (Lipinski definition) is 10. The SMILES string of the molecule is COc1cc(N2CCOCC2)ccc1Nc1nc2c(c(Nc3ccccc3S(=O)(=O)NCC(C)C)n1)C(C)(C)CN2. The highest BCUT2D eigenvalue weighted by Gasteiger charge is 2.36. The number of fused-ring (bicyclic) bond motifs is 1. The van der Waals surface area contributed by atoms with Crippen LogP contribution in [0.1, 0.15) is 33.3 Å². The maximum Gasteiger partial charge on any atom is 0.242 e. The first kappa shape index (κ1) is 28.9. The molecule has 0 radical (unpaired) electrons. The number of para-hydroxylation sites is 1. The normalized spacial score (nSPS) is 16.3. The van der Waals surface area contributed by atoms with Gasteiger partial charge in [0.1, 0.15) is 22.3 Å². The fraction of sp³-hybridized carbons (Fsp3) is 0.448. The van der Waals surface area contributed by atoms with E-state index in [0.717, 1.165) is 24.3 Å². The molecule has 0 amide bonds. The number of benzene rings is 2. The van der Waals surface area contributed by atoms with Crippen LogP contribution in [0.5, 0.6) is 5.75 Å². The third-order valence-electron chi connectivity index (χ3n) is 7.20. The molecule has 1 fully saturated rings. The maximum atomic E-state index is 13.2. The number of rotatable bonds is 10. The first-order chi connectivity index (χ1) is 19.6. The topological polar surface area (TPSA) is 130 Å². The van der Waals surface area contributed by atoms with Crippen molar-refractivity contribution in [3.05, 3.63) is 48.0 Å². The average Bonchev–Trinajstić information content (AvgIpc) is 3.27. The zero-order valence-electron chi connectivity index (χ0n) is 24.2. The largest absolute Gasteiger partial charge is 0.494 e. The van der Waals surface area contributed by atoms with E-state index in [1.807, 2.05) is 32.0 Å². The third-order valence-corrected chi connectivity index (χ3v) is 8.68. The number of methoxy groups -OCH3 is 1. The molecule has 3 aromatic rings. The van der Waals surface area contributed by atoms with Crippen molar-refractivity contribution in [3.63, 3.8) is 0 Å². The van der Waals surface area contributed by atoms with Crippen LogP contribution in [0.2, 0.25) is 0 Å². The summed E-state index contributed by atoms with van der Waals surface area (Å²) in [6.07, 6.45) is 0. The molecule has 41 heavy (non-hydrogen) atoms. The van der Waals surface area contributed by atoms with Crippen molar-refractivity contribution in [1.29, 1.82) is 0 Å². The Bertz CT molecular complexity index is 1500. The molecule has 4 N–H and O–H groups in total. The van der Waals surface area contributed by atoms with Crippen molar-refractivity contribution in [2.75, 3.05) is 67.4 Å². The molecule has 2 aliphatic rings. The van der Waals surface area contributed by atoms with Crippen LogP contribution >= 0.6 is 0 Å². The van der Waals surface area contributed by atoms with E-state index in [4.69, 9.17) is 19.4 Å². The second-order valence-electron chi connectivity index (χ2n) is 11.3. The van der Waals surface area contributed by atoms with Gasteiger partial charge in [-0.2, -0.15) is 9.97 Å². The lowest BCUT2D eigenvalue weighted by Gasteiger charge is -2.29. The Hall–Kier alpha value is -3.61. The molecule has 1 saturated heterocycles. The average molecular weight is 582 g/mol. The van der Waals surface area contributed by atoms with Gasteiger partial charge >= 0.3 is 0 Å². The second kappa shape index (κ2) is 11.7. The van der Waals surface area contributed by atoms with Crippen LogP contribution in [0.3, 0.4) is 0 Å². The number of hydrogen-bond donors (Lipinski definition) is 4. The van der Waals surface area contributed by atoms with Crippen molar-refractivity contribution in [1.82, 2.24) is 14.7 Å². The molecule has 0 unspecified atom stereocenters. The predicted molar refractivity (Wildman–Crippen MR) is 163 cm³/mol. The van der Waals surface area contributed by atoms with Gasteiger partial charge in [0.25, 0.3) is 0 Å². The number of sulfonamides is 1. The van der Waals surface area contributed by atoms with E-state index in [-0.39, 0.29) is 16.2 Å². The van der Waals surface area contributed by atoms with Crippen LogP contribution < -0.4 is 30.3 Å². The zero-order chi connectivity index (χ0) is 29.2. The predicted octanol–water partition coefficient (Wildman–Crippen LogP) is 4.45. The van der Waals surface area contributed by atoms with Gasteiger partial charge in [-0.05, 0) is 30.2 Å². The van der Waals surface area contributed by atoms with Gasteiger partial charge in [-0.3, -0.25) is 0 Å². The molecule has 11 nitrogen and oxygen atoms in total. The molecule has 3 heterocycles. The quantitative estimate of drug-likeness (QED) is 0.273. The van der Waals surface area contributed by atoms with Gasteiger partial charge in [-0.25, -0.2) is 13.1 Å². The van der Waals surface area contributed by atoms with Crippen molar-refractivity contribution in [2.45, 2.75) is 38.0 Å². The number of ether oxygens (including phenoxy) is 2. The number of aromatic nitrogens is 2. The third kappa shape index (κ3) is 6.34. The molecule has 0 saturated carbocycles. The molecule has 5 rings (SSSR count). The van der Waals surface area contributed by atoms with Crippen molar-refractivity contribution in [3.8, 4) is 5.75 Å². The molecule has 12 heteroatoms. The van der Waals surface area contributed by atoms with Crippen LogP contribution in [0.25, 0.3) is 0 Å². The second-order valence-corrected chi connectivity index (χ2v) is 13.1. The Labute approximate surface area is 242 Å². The van der Waals surface area contributed by atoms with E-state index in [0.29, 0.717) is 61.0 Å². The molecule has 1 aromatic heterocycles. The summed E-state index contributed by atoms with van der Waals surface area (Å²) < 4.78 is 40.3. The van der Waals surface area contributed by atoms with Gasteiger partial charge in [0.2, 0.25) is 16.0 Å². The Morgan fingerprint density at radius 3 is 2.56 bits per heavy atom. The molecular formula is C29H39N7O4S. The number of nitrogens with zero attached hydrogens (tertiary/aromatic N) is 3. The molecule has 2 aliphatic heterocycles. The van der Waals surface area contributed by atoms with Crippen LogP contribution in [-0.4, -0.2) is 64.9 Å². The van der Waals surface area contributed by atoms with E-state index >= 15 is 0 Å². The van der Waals surface area contributed by atoms with Gasteiger partial charge in [0.15, 0.2) is 0 Å². The smallest absolute Gasteiger partial charge is 0.242 e. The molecular weight excluding hydrogens is 542 g/mol. The molecule has 0 atom stereocenters. The summed E-state index contributed by atoms with van der Waals surface area (Å²) in [6, 6.07) is 12.8. The first-order valence-corrected chi connectivity index (χ1v) is 15.4. The van der Waals surface area contributed by atoms with Crippen molar-refractivity contribution in [2.24, 2.45) is 5.92 Å². The van der Waals surface area contributed by atoms with Crippen molar-refractivity contribution < 1.29 is 17.9 Å². The minimum absolute atomic E-state index is 0.159. The van der Waals surface area contributed by atoms with Gasteiger partial charge in [0, 0.05) is 48.9 Å². The summed E-state index contributed by atoms with van der Waals surface area (Å²) >= 11 is 0.